The van der Waals surface area contributed by atoms with Crippen molar-refractivity contribution < 1.29 is 24.9 Å². The first kappa shape index (κ1) is 22.7. The van der Waals surface area contributed by atoms with Crippen LogP contribution in [0.1, 0.15) is 39.0 Å². The molecular formula is C24H19ClINO5. The average Bonchev–Trinajstić information content (AvgIpc) is 2.84. The van der Waals surface area contributed by atoms with E-state index in [1.165, 1.54) is 18.2 Å². The lowest BCUT2D eigenvalue weighted by Gasteiger charge is -2.36. The van der Waals surface area contributed by atoms with Crippen molar-refractivity contribution in [1.82, 2.24) is 0 Å². The molecule has 0 fully saturated rings. The predicted octanol–water partition coefficient (Wildman–Crippen LogP) is 3.96. The van der Waals surface area contributed by atoms with Crippen LogP contribution in [0.25, 0.3) is 0 Å². The van der Waals surface area contributed by atoms with Gasteiger partial charge in [-0.2, -0.15) is 0 Å². The van der Waals surface area contributed by atoms with Crippen molar-refractivity contribution in [2.45, 2.75) is 18.5 Å². The Morgan fingerprint density at radius 1 is 1.12 bits per heavy atom. The van der Waals surface area contributed by atoms with Gasteiger partial charge in [0.05, 0.1) is 11.8 Å². The minimum absolute atomic E-state index is 0.0220. The highest BCUT2D eigenvalue weighted by Gasteiger charge is 2.47. The monoisotopic (exact) mass is 563 g/mol. The van der Waals surface area contributed by atoms with E-state index in [0.29, 0.717) is 21.7 Å². The highest BCUT2D eigenvalue weighted by Crippen LogP contribution is 2.39. The van der Waals surface area contributed by atoms with Gasteiger partial charge in [-0.05, 0) is 64.6 Å². The highest BCUT2D eigenvalue weighted by molar-refractivity contribution is 14.1. The molecule has 0 spiro atoms. The normalized spacial score (nSPS) is 21.5. The van der Waals surface area contributed by atoms with Gasteiger partial charge >= 0.3 is 5.97 Å². The second kappa shape index (κ2) is 9.19. The number of nitrogens with one attached hydrogen (secondary N) is 1. The molecule has 3 aromatic rings. The molecule has 0 aliphatic carbocycles. The van der Waals surface area contributed by atoms with Gasteiger partial charge in [-0.3, -0.25) is 9.59 Å². The zero-order valence-corrected chi connectivity index (χ0v) is 19.6. The maximum atomic E-state index is 13.9. The first-order chi connectivity index (χ1) is 15.3. The number of aromatic hydroxyl groups is 1. The van der Waals surface area contributed by atoms with Crippen LogP contribution in [0.4, 0.5) is 0 Å². The summed E-state index contributed by atoms with van der Waals surface area (Å²) in [6, 6.07) is 16.7. The van der Waals surface area contributed by atoms with Gasteiger partial charge in [-0.1, -0.05) is 41.9 Å². The van der Waals surface area contributed by atoms with Crippen molar-refractivity contribution in [1.29, 1.82) is 0 Å². The van der Waals surface area contributed by atoms with Crippen LogP contribution in [0.15, 0.2) is 66.7 Å². The summed E-state index contributed by atoms with van der Waals surface area (Å²) in [5.74, 6) is -4.28. The van der Waals surface area contributed by atoms with Crippen LogP contribution in [0.3, 0.4) is 0 Å². The van der Waals surface area contributed by atoms with Crippen LogP contribution in [0.5, 0.6) is 5.75 Å². The molecule has 1 aliphatic heterocycles. The molecule has 1 heterocycles. The minimum atomic E-state index is -1.33. The van der Waals surface area contributed by atoms with E-state index in [1.807, 2.05) is 6.07 Å². The fraction of sp³-hybridized carbons (Fsp3) is 0.167. The molecule has 0 saturated carbocycles. The van der Waals surface area contributed by atoms with Gasteiger partial charge < -0.3 is 20.5 Å². The zero-order chi connectivity index (χ0) is 23.0. The molecule has 3 aromatic carbocycles. The van der Waals surface area contributed by atoms with E-state index in [2.05, 4.69) is 22.6 Å². The van der Waals surface area contributed by atoms with Gasteiger partial charge in [0.2, 0.25) is 0 Å². The van der Waals surface area contributed by atoms with E-state index in [9.17, 15) is 25.0 Å². The first-order valence-electron chi connectivity index (χ1n) is 9.89. The van der Waals surface area contributed by atoms with Crippen molar-refractivity contribution in [2.24, 2.45) is 5.92 Å². The molecule has 1 aliphatic rings. The Balaban J connectivity index is 1.95. The Labute approximate surface area is 203 Å². The van der Waals surface area contributed by atoms with Crippen LogP contribution in [-0.2, 0) is 11.3 Å². The average molecular weight is 564 g/mol. The highest BCUT2D eigenvalue weighted by atomic mass is 127. The third-order valence-corrected chi connectivity index (χ3v) is 6.72. The second-order valence-corrected chi connectivity index (χ2v) is 9.46. The van der Waals surface area contributed by atoms with E-state index in [1.54, 1.807) is 42.5 Å². The Bertz CT molecular complexity index is 1180. The SMILES string of the molecule is O=C(O)C(c1cccc(O)c1)C1C(=O)c2cc(I)ccc2C[NH+]([O-])C1c1ccc(Cl)cc1. The number of phenolic OH excluding ortho intramolecular Hbond substituents is 1. The molecule has 0 aromatic heterocycles. The molecule has 164 valence electrons. The van der Waals surface area contributed by atoms with Gasteiger partial charge in [0.25, 0.3) is 0 Å². The fourth-order valence-corrected chi connectivity index (χ4v) is 5.01. The number of phenols is 1. The number of Topliss-reactive ketones (excluding diaryl/α,β-unsaturated/α-hetero) is 1. The number of carbonyl (C=O) groups is 2. The fourth-order valence-electron chi connectivity index (χ4n) is 4.39. The smallest absolute Gasteiger partial charge is 0.311 e. The predicted molar refractivity (Wildman–Crippen MR) is 128 cm³/mol. The number of hydroxylamine groups is 2. The third kappa shape index (κ3) is 4.38. The summed E-state index contributed by atoms with van der Waals surface area (Å²) in [5.41, 5.74) is 1.74. The Morgan fingerprint density at radius 2 is 1.84 bits per heavy atom. The number of benzene rings is 3. The second-order valence-electron chi connectivity index (χ2n) is 7.77. The van der Waals surface area contributed by atoms with Crippen molar-refractivity contribution in [3.63, 3.8) is 0 Å². The molecule has 0 amide bonds. The summed E-state index contributed by atoms with van der Waals surface area (Å²) in [7, 11) is 0. The van der Waals surface area contributed by atoms with Gasteiger partial charge in [0.1, 0.15) is 18.3 Å². The zero-order valence-electron chi connectivity index (χ0n) is 16.7. The van der Waals surface area contributed by atoms with Crippen LogP contribution < -0.4 is 5.06 Å². The molecule has 32 heavy (non-hydrogen) atoms. The van der Waals surface area contributed by atoms with Crippen molar-refractivity contribution in [2.75, 3.05) is 0 Å². The van der Waals surface area contributed by atoms with E-state index in [-0.39, 0.29) is 22.9 Å². The van der Waals surface area contributed by atoms with Crippen molar-refractivity contribution in [3.05, 3.63) is 103 Å². The number of ketones is 1. The number of carbonyl (C=O) groups excluding carboxylic acids is 1. The lowest BCUT2D eigenvalue weighted by molar-refractivity contribution is -0.899. The number of hydrogen-bond acceptors (Lipinski definition) is 4. The Morgan fingerprint density at radius 3 is 2.50 bits per heavy atom. The van der Waals surface area contributed by atoms with Crippen LogP contribution in [-0.4, -0.2) is 22.0 Å². The summed E-state index contributed by atoms with van der Waals surface area (Å²) in [5, 5.41) is 33.9. The standard InChI is InChI=1S/C24H19ClINO5/c25-16-7-4-13(5-8-16)22-21(20(24(30)31)14-2-1-3-18(28)10-14)23(29)19-11-17(26)9-6-15(19)12-27(22)32/h1-11,20-22,27-28H,12H2,(H,30,31). The minimum Gasteiger partial charge on any atom is -0.634 e. The molecule has 6 nitrogen and oxygen atoms in total. The van der Waals surface area contributed by atoms with Gasteiger partial charge in [0, 0.05) is 25.3 Å². The Kier molecular flexibility index (Phi) is 6.52. The van der Waals surface area contributed by atoms with E-state index < -0.39 is 29.6 Å². The number of fused-ring (bicyclic) bond motifs is 1. The first-order valence-corrected chi connectivity index (χ1v) is 11.3. The lowest BCUT2D eigenvalue weighted by Crippen LogP contribution is -3.07. The molecule has 0 saturated heterocycles. The number of halogens is 2. The molecule has 8 heteroatoms. The molecule has 3 N–H and O–H groups in total. The molecular weight excluding hydrogens is 545 g/mol. The van der Waals surface area contributed by atoms with Crippen LogP contribution in [0, 0.1) is 14.7 Å². The summed E-state index contributed by atoms with van der Waals surface area (Å²) in [6.45, 7) is 0.0220. The molecule has 0 bridgehead atoms. The van der Waals surface area contributed by atoms with Crippen molar-refractivity contribution >= 4 is 45.9 Å². The van der Waals surface area contributed by atoms with Gasteiger partial charge in [-0.15, -0.1) is 0 Å². The maximum absolute atomic E-state index is 13.9. The Hall–Kier alpha value is -2.46. The number of quaternary nitrogens is 1. The topological polar surface area (TPSA) is 102 Å². The van der Waals surface area contributed by atoms with E-state index in [0.717, 1.165) is 3.57 Å². The quantitative estimate of drug-likeness (QED) is 0.330. The summed E-state index contributed by atoms with van der Waals surface area (Å²) in [4.78, 5) is 26.4. The number of rotatable bonds is 4. The third-order valence-electron chi connectivity index (χ3n) is 5.79. The summed E-state index contributed by atoms with van der Waals surface area (Å²) in [6.07, 6.45) is 0. The van der Waals surface area contributed by atoms with Gasteiger partial charge in [0.15, 0.2) is 5.78 Å². The lowest BCUT2D eigenvalue weighted by atomic mass is 9.75. The van der Waals surface area contributed by atoms with Crippen LogP contribution in [0.2, 0.25) is 5.02 Å². The van der Waals surface area contributed by atoms with E-state index >= 15 is 0 Å². The maximum Gasteiger partial charge on any atom is 0.311 e. The summed E-state index contributed by atoms with van der Waals surface area (Å²) < 4.78 is 0.815. The van der Waals surface area contributed by atoms with Crippen LogP contribution >= 0.6 is 34.2 Å². The number of hydrogen-bond donors (Lipinski definition) is 3. The summed E-state index contributed by atoms with van der Waals surface area (Å²) >= 11 is 8.11. The van der Waals surface area contributed by atoms with Crippen molar-refractivity contribution in [3.8, 4) is 5.75 Å². The number of carboxylic acids is 1. The number of aliphatic carboxylic acids is 1. The number of carboxylic acid groups (broad SMARTS) is 1. The molecule has 4 rings (SSSR count). The molecule has 0 radical (unpaired) electrons. The van der Waals surface area contributed by atoms with E-state index in [4.69, 9.17) is 11.6 Å². The molecule has 4 unspecified atom stereocenters. The molecule has 4 atom stereocenters. The largest absolute Gasteiger partial charge is 0.634 e. The van der Waals surface area contributed by atoms with Gasteiger partial charge in [-0.25, -0.2) is 0 Å².